The number of hydrogen-bond acceptors (Lipinski definition) is 7. The van der Waals surface area contributed by atoms with E-state index in [4.69, 9.17) is 14.5 Å². The van der Waals surface area contributed by atoms with Gasteiger partial charge in [0.25, 0.3) is 0 Å². The summed E-state index contributed by atoms with van der Waals surface area (Å²) in [6.07, 6.45) is 1.02. The lowest BCUT2D eigenvalue weighted by molar-refractivity contribution is -0.141. The van der Waals surface area contributed by atoms with Crippen molar-refractivity contribution in [2.24, 2.45) is 10.9 Å². The molecular weight excluding hydrogens is 474 g/mol. The van der Waals surface area contributed by atoms with Crippen molar-refractivity contribution in [1.29, 1.82) is 0 Å². The fourth-order valence-corrected chi connectivity index (χ4v) is 5.20. The number of anilines is 1. The fourth-order valence-electron chi connectivity index (χ4n) is 4.18. The molecule has 4 rings (SSSR count). The summed E-state index contributed by atoms with van der Waals surface area (Å²) >= 11 is 1.72. The Morgan fingerprint density at radius 1 is 1.14 bits per heavy atom. The molecule has 2 aliphatic heterocycles. The van der Waals surface area contributed by atoms with Crippen LogP contribution in [-0.4, -0.2) is 47.5 Å². The van der Waals surface area contributed by atoms with Gasteiger partial charge in [0, 0.05) is 18.0 Å². The Hall–Kier alpha value is -3.10. The van der Waals surface area contributed by atoms with Gasteiger partial charge in [-0.15, -0.1) is 0 Å². The van der Waals surface area contributed by atoms with E-state index in [2.05, 4.69) is 10.2 Å². The van der Waals surface area contributed by atoms with Crippen molar-refractivity contribution < 1.29 is 19.1 Å². The second-order valence-corrected chi connectivity index (χ2v) is 10.4. The molecule has 1 atom stereocenters. The molecule has 0 aliphatic carbocycles. The van der Waals surface area contributed by atoms with Crippen LogP contribution in [0.4, 0.5) is 5.69 Å². The average molecular weight is 508 g/mol. The first-order valence-electron chi connectivity index (χ1n) is 12.3. The summed E-state index contributed by atoms with van der Waals surface area (Å²) in [6.45, 7) is 7.45. The fraction of sp³-hybridized carbons (Fsp3) is 0.393. The number of carbonyl (C=O) groups is 2. The van der Waals surface area contributed by atoms with Crippen molar-refractivity contribution in [3.63, 3.8) is 0 Å². The van der Waals surface area contributed by atoms with E-state index in [-0.39, 0.29) is 30.4 Å². The number of allylic oxidation sites excluding steroid dienone is 1. The maximum atomic E-state index is 13.1. The van der Waals surface area contributed by atoms with Crippen molar-refractivity contribution in [1.82, 2.24) is 4.90 Å². The summed E-state index contributed by atoms with van der Waals surface area (Å²) in [5.74, 6) is 0.727. The van der Waals surface area contributed by atoms with Gasteiger partial charge in [-0.3, -0.25) is 4.79 Å². The minimum absolute atomic E-state index is 0.0299. The van der Waals surface area contributed by atoms with E-state index in [1.54, 1.807) is 11.8 Å². The Balaban J connectivity index is 1.45. The molecule has 2 heterocycles. The number of aliphatic imine (C=N–C) groups is 1. The highest BCUT2D eigenvalue weighted by Crippen LogP contribution is 2.40. The normalized spacial score (nSPS) is 17.5. The number of amidine groups is 1. The standard InChI is InChI=1S/C28H33N3O4S/c1-19(2)16-35-27(33)25-20(3)29-28-31(14-7-15-36-28)26(25)22-10-12-23(13-11-22)30-24(32)18-34-17-21-8-5-4-6-9-21/h4-6,8-13,19,26H,7,14-18H2,1-3H3,(H,30,32). The van der Waals surface area contributed by atoms with E-state index in [0.717, 1.165) is 35.0 Å². The minimum atomic E-state index is -0.322. The number of ether oxygens (including phenoxy) is 2. The maximum Gasteiger partial charge on any atom is 0.338 e. The Bertz CT molecular complexity index is 1130. The lowest BCUT2D eigenvalue weighted by atomic mass is 9.94. The number of nitrogens with zero attached hydrogens (tertiary/aromatic N) is 2. The van der Waals surface area contributed by atoms with E-state index < -0.39 is 0 Å². The summed E-state index contributed by atoms with van der Waals surface area (Å²) in [5, 5.41) is 3.82. The van der Waals surface area contributed by atoms with Gasteiger partial charge in [-0.2, -0.15) is 0 Å². The van der Waals surface area contributed by atoms with Gasteiger partial charge in [-0.05, 0) is 42.5 Å². The summed E-state index contributed by atoms with van der Waals surface area (Å²) < 4.78 is 11.2. The molecule has 1 unspecified atom stereocenters. The number of amides is 1. The molecular formula is C28H33N3O4S. The first kappa shape index (κ1) is 26.0. The first-order valence-corrected chi connectivity index (χ1v) is 13.3. The van der Waals surface area contributed by atoms with Crippen LogP contribution in [0.25, 0.3) is 0 Å². The molecule has 36 heavy (non-hydrogen) atoms. The predicted molar refractivity (Wildman–Crippen MR) is 144 cm³/mol. The van der Waals surface area contributed by atoms with Crippen LogP contribution in [0.15, 0.2) is 70.9 Å². The Morgan fingerprint density at radius 2 is 1.89 bits per heavy atom. The maximum absolute atomic E-state index is 13.1. The molecule has 8 heteroatoms. The zero-order chi connectivity index (χ0) is 25.5. The minimum Gasteiger partial charge on any atom is -0.462 e. The van der Waals surface area contributed by atoms with Crippen LogP contribution in [0.3, 0.4) is 0 Å². The number of nitrogens with one attached hydrogen (secondary N) is 1. The Labute approximate surface area is 217 Å². The number of rotatable bonds is 9. The number of hydrogen-bond donors (Lipinski definition) is 1. The van der Waals surface area contributed by atoms with Gasteiger partial charge < -0.3 is 19.7 Å². The molecule has 0 radical (unpaired) electrons. The molecule has 2 aromatic carbocycles. The second-order valence-electron chi connectivity index (χ2n) is 9.33. The van der Waals surface area contributed by atoms with Gasteiger partial charge in [0.05, 0.1) is 30.5 Å². The highest BCUT2D eigenvalue weighted by atomic mass is 32.2. The molecule has 1 amide bonds. The SMILES string of the molecule is CC1=C(C(=O)OCC(C)C)C(c2ccc(NC(=O)COCc3ccccc3)cc2)N2CCCSC2=N1. The molecule has 0 bridgehead atoms. The third kappa shape index (κ3) is 6.56. The zero-order valence-corrected chi connectivity index (χ0v) is 21.8. The molecule has 0 saturated carbocycles. The number of fused-ring (bicyclic) bond motifs is 1. The number of carbonyl (C=O) groups excluding carboxylic acids is 2. The second kappa shape index (κ2) is 12.2. The third-order valence-corrected chi connectivity index (χ3v) is 6.96. The first-order chi connectivity index (χ1) is 17.4. The van der Waals surface area contributed by atoms with Crippen LogP contribution < -0.4 is 5.32 Å². The number of esters is 1. The van der Waals surface area contributed by atoms with Crippen molar-refractivity contribution in [3.8, 4) is 0 Å². The molecule has 1 fully saturated rings. The van der Waals surface area contributed by atoms with Gasteiger partial charge >= 0.3 is 5.97 Å². The van der Waals surface area contributed by atoms with Crippen LogP contribution in [0.1, 0.15) is 44.4 Å². The molecule has 1 saturated heterocycles. The predicted octanol–water partition coefficient (Wildman–Crippen LogP) is 5.16. The lowest BCUT2D eigenvalue weighted by Gasteiger charge is -2.40. The van der Waals surface area contributed by atoms with Gasteiger partial charge in [-0.1, -0.05) is 68.1 Å². The lowest BCUT2D eigenvalue weighted by Crippen LogP contribution is -2.42. The van der Waals surface area contributed by atoms with Crippen LogP contribution in [-0.2, 0) is 25.7 Å². The summed E-state index contributed by atoms with van der Waals surface area (Å²) in [4.78, 5) is 32.4. The van der Waals surface area contributed by atoms with Crippen molar-refractivity contribution in [2.75, 3.05) is 30.8 Å². The largest absolute Gasteiger partial charge is 0.462 e. The summed E-state index contributed by atoms with van der Waals surface area (Å²) in [7, 11) is 0. The van der Waals surface area contributed by atoms with Crippen molar-refractivity contribution in [2.45, 2.75) is 39.8 Å². The average Bonchev–Trinajstić information content (AvgIpc) is 2.87. The third-order valence-electron chi connectivity index (χ3n) is 5.88. The van der Waals surface area contributed by atoms with Crippen LogP contribution in [0.2, 0.25) is 0 Å². The van der Waals surface area contributed by atoms with Gasteiger partial charge in [0.15, 0.2) is 5.17 Å². The molecule has 2 aromatic rings. The van der Waals surface area contributed by atoms with Gasteiger partial charge in [-0.25, -0.2) is 9.79 Å². The van der Waals surface area contributed by atoms with Crippen LogP contribution in [0.5, 0.6) is 0 Å². The molecule has 1 N–H and O–H groups in total. The highest BCUT2D eigenvalue weighted by molar-refractivity contribution is 8.13. The van der Waals surface area contributed by atoms with E-state index in [1.165, 1.54) is 0 Å². The quantitative estimate of drug-likeness (QED) is 0.472. The van der Waals surface area contributed by atoms with Gasteiger partial charge in [0.1, 0.15) is 6.61 Å². The van der Waals surface area contributed by atoms with Crippen LogP contribution in [0, 0.1) is 5.92 Å². The molecule has 190 valence electrons. The molecule has 7 nitrogen and oxygen atoms in total. The summed E-state index contributed by atoms with van der Waals surface area (Å²) in [6, 6.07) is 17.1. The van der Waals surface area contributed by atoms with Crippen molar-refractivity contribution >= 4 is 34.5 Å². The Kier molecular flexibility index (Phi) is 8.83. The van der Waals surface area contributed by atoms with E-state index in [1.807, 2.05) is 75.4 Å². The Morgan fingerprint density at radius 3 is 2.61 bits per heavy atom. The molecule has 0 spiro atoms. The van der Waals surface area contributed by atoms with Gasteiger partial charge in [0.2, 0.25) is 5.91 Å². The van der Waals surface area contributed by atoms with Crippen molar-refractivity contribution in [3.05, 3.63) is 77.0 Å². The number of benzene rings is 2. The monoisotopic (exact) mass is 507 g/mol. The smallest absolute Gasteiger partial charge is 0.338 e. The number of thioether (sulfide) groups is 1. The van der Waals surface area contributed by atoms with E-state index >= 15 is 0 Å². The molecule has 0 aromatic heterocycles. The summed E-state index contributed by atoms with van der Waals surface area (Å²) in [5.41, 5.74) is 3.93. The topological polar surface area (TPSA) is 80.2 Å². The van der Waals surface area contributed by atoms with E-state index in [9.17, 15) is 9.59 Å². The molecule has 2 aliphatic rings. The van der Waals surface area contributed by atoms with Crippen LogP contribution >= 0.6 is 11.8 Å². The highest BCUT2D eigenvalue weighted by Gasteiger charge is 2.38. The van der Waals surface area contributed by atoms with E-state index in [0.29, 0.717) is 30.2 Å². The zero-order valence-electron chi connectivity index (χ0n) is 21.0.